The Labute approximate surface area is 201 Å². The van der Waals surface area contributed by atoms with Gasteiger partial charge in [0.15, 0.2) is 0 Å². The van der Waals surface area contributed by atoms with Crippen molar-refractivity contribution < 1.29 is 38.5 Å². The number of unbranched alkanes of at least 4 members (excludes halogenated alkanes) is 1. The molecule has 0 aliphatic heterocycles. The molecule has 4 N–H and O–H groups in total. The Morgan fingerprint density at radius 2 is 1.38 bits per heavy atom. The number of ether oxygens (including phenoxy) is 3. The molecule has 0 aromatic heterocycles. The van der Waals surface area contributed by atoms with E-state index in [0.29, 0.717) is 6.42 Å². The Kier molecular flexibility index (Phi) is 11.3. The van der Waals surface area contributed by atoms with Crippen molar-refractivity contribution in [2.75, 3.05) is 6.54 Å². The number of carboxylic acids is 1. The van der Waals surface area contributed by atoms with Crippen LogP contribution in [0.25, 0.3) is 0 Å². The number of carbonyl (C=O) groups is 4. The molecule has 0 heterocycles. The Bertz CT molecular complexity index is 760. The Morgan fingerprint density at radius 3 is 1.82 bits per heavy atom. The van der Waals surface area contributed by atoms with Crippen molar-refractivity contribution in [1.82, 2.24) is 10.2 Å². The third-order valence-corrected chi connectivity index (χ3v) is 3.60. The second kappa shape index (κ2) is 12.4. The molecule has 0 saturated carbocycles. The van der Waals surface area contributed by atoms with Gasteiger partial charge in [-0.05, 0) is 81.6 Å². The van der Waals surface area contributed by atoms with Gasteiger partial charge in [-0.1, -0.05) is 0 Å². The number of aliphatic imine (C=N–C) groups is 1. The summed E-state index contributed by atoms with van der Waals surface area (Å²) >= 11 is 0. The van der Waals surface area contributed by atoms with Crippen LogP contribution in [0.5, 0.6) is 0 Å². The topological polar surface area (TPSA) is 170 Å². The first-order valence-electron chi connectivity index (χ1n) is 11.0. The number of amides is 3. The maximum atomic E-state index is 12.6. The van der Waals surface area contributed by atoms with Crippen molar-refractivity contribution in [3.8, 4) is 0 Å². The fraction of sp³-hybridized carbons (Fsp3) is 0.773. The van der Waals surface area contributed by atoms with Crippen LogP contribution in [0.3, 0.4) is 0 Å². The predicted octanol–water partition coefficient (Wildman–Crippen LogP) is 3.62. The lowest BCUT2D eigenvalue weighted by Crippen LogP contribution is -2.46. The monoisotopic (exact) mass is 488 g/mol. The molecule has 3 amide bonds. The molecule has 0 spiro atoms. The molecule has 1 atom stereocenters. The van der Waals surface area contributed by atoms with Gasteiger partial charge >= 0.3 is 24.2 Å². The van der Waals surface area contributed by atoms with Crippen molar-refractivity contribution >= 4 is 30.2 Å². The molecule has 0 aliphatic rings. The number of alkyl carbamates (subject to hydrolysis) is 1. The van der Waals surface area contributed by atoms with E-state index in [4.69, 9.17) is 19.9 Å². The zero-order chi connectivity index (χ0) is 26.9. The first kappa shape index (κ1) is 30.9. The second-order valence-electron chi connectivity index (χ2n) is 10.6. The minimum Gasteiger partial charge on any atom is -0.480 e. The number of guanidine groups is 1. The number of nitrogens with two attached hydrogens (primary N) is 1. The molecule has 0 unspecified atom stereocenters. The third-order valence-electron chi connectivity index (χ3n) is 3.60. The van der Waals surface area contributed by atoms with Gasteiger partial charge in [0.05, 0.1) is 0 Å². The summed E-state index contributed by atoms with van der Waals surface area (Å²) in [5.41, 5.74) is 3.48. The standard InChI is InChI=1S/C22H40N4O8/c1-20(2,3)32-17(29)24-14(15(27)28)12-10-11-13-26(19(31)34-22(7,8)9)16(23)25-18(30)33-21(4,5)6/h14H,10-13H2,1-9H3,(H,24,29)(H,27,28)(H2,23,25,30)/t14-/m0/s1. The van der Waals surface area contributed by atoms with Crippen molar-refractivity contribution in [1.29, 1.82) is 0 Å². The molecular formula is C22H40N4O8. The summed E-state index contributed by atoms with van der Waals surface area (Å²) in [4.78, 5) is 52.6. The number of rotatable bonds is 7. The van der Waals surface area contributed by atoms with Crippen LogP contribution in [-0.2, 0) is 19.0 Å². The summed E-state index contributed by atoms with van der Waals surface area (Å²) in [6, 6.07) is -1.18. The second-order valence-corrected chi connectivity index (χ2v) is 10.6. The first-order valence-corrected chi connectivity index (χ1v) is 11.0. The summed E-state index contributed by atoms with van der Waals surface area (Å²) in [5.74, 6) is -1.63. The van der Waals surface area contributed by atoms with Gasteiger partial charge in [-0.2, -0.15) is 0 Å². The molecule has 0 bridgehead atoms. The van der Waals surface area contributed by atoms with Crippen LogP contribution in [0.1, 0.15) is 81.6 Å². The van der Waals surface area contributed by atoms with Gasteiger partial charge in [-0.3, -0.25) is 0 Å². The molecule has 0 aromatic carbocycles. The van der Waals surface area contributed by atoms with Gasteiger partial charge in [0.1, 0.15) is 22.8 Å². The van der Waals surface area contributed by atoms with E-state index in [9.17, 15) is 24.3 Å². The van der Waals surface area contributed by atoms with Crippen LogP contribution in [-0.4, -0.2) is 69.6 Å². The smallest absolute Gasteiger partial charge is 0.437 e. The summed E-state index contributed by atoms with van der Waals surface area (Å²) in [5, 5.41) is 11.7. The predicted molar refractivity (Wildman–Crippen MR) is 125 cm³/mol. The van der Waals surface area contributed by atoms with Gasteiger partial charge in [-0.25, -0.2) is 24.1 Å². The van der Waals surface area contributed by atoms with Crippen molar-refractivity contribution in [2.45, 2.75) is 104 Å². The number of nitrogens with zero attached hydrogens (tertiary/aromatic N) is 2. The van der Waals surface area contributed by atoms with Gasteiger partial charge in [-0.15, -0.1) is 4.99 Å². The Morgan fingerprint density at radius 1 is 0.882 bits per heavy atom. The number of hydrogen-bond donors (Lipinski definition) is 3. The molecule has 196 valence electrons. The summed E-state index contributed by atoms with van der Waals surface area (Å²) in [7, 11) is 0. The van der Waals surface area contributed by atoms with Crippen LogP contribution in [0.4, 0.5) is 14.4 Å². The molecule has 0 saturated heterocycles. The molecule has 12 heteroatoms. The highest BCUT2D eigenvalue weighted by Gasteiger charge is 2.27. The fourth-order valence-corrected chi connectivity index (χ4v) is 2.38. The van der Waals surface area contributed by atoms with E-state index in [1.807, 2.05) is 0 Å². The van der Waals surface area contributed by atoms with Crippen molar-refractivity contribution in [2.24, 2.45) is 10.7 Å². The largest absolute Gasteiger partial charge is 0.480 e. The number of nitrogens with one attached hydrogen (secondary N) is 1. The Hall–Kier alpha value is -3.05. The van der Waals surface area contributed by atoms with Crippen molar-refractivity contribution in [3.05, 3.63) is 0 Å². The highest BCUT2D eigenvalue weighted by Crippen LogP contribution is 2.13. The SMILES string of the molecule is CC(C)(C)OC(=O)N=C(N)N(CCCC[C@H](NC(=O)OC(C)(C)C)C(=O)O)C(=O)OC(C)(C)C. The molecule has 0 fully saturated rings. The molecule has 0 aliphatic carbocycles. The maximum Gasteiger partial charge on any atom is 0.437 e. The lowest BCUT2D eigenvalue weighted by Gasteiger charge is -2.27. The minimum absolute atomic E-state index is 0.00811. The van der Waals surface area contributed by atoms with E-state index in [1.165, 1.54) is 0 Å². The van der Waals surface area contributed by atoms with Crippen LogP contribution >= 0.6 is 0 Å². The van der Waals surface area contributed by atoms with E-state index in [2.05, 4.69) is 10.3 Å². The molecular weight excluding hydrogens is 448 g/mol. The lowest BCUT2D eigenvalue weighted by atomic mass is 10.1. The first-order chi connectivity index (χ1) is 15.2. The highest BCUT2D eigenvalue weighted by atomic mass is 16.6. The van der Waals surface area contributed by atoms with Crippen LogP contribution in [0, 0.1) is 0 Å². The van der Waals surface area contributed by atoms with Gasteiger partial charge < -0.3 is 30.4 Å². The third kappa shape index (κ3) is 14.9. The van der Waals surface area contributed by atoms with E-state index >= 15 is 0 Å². The number of aliphatic carboxylic acids is 1. The lowest BCUT2D eigenvalue weighted by molar-refractivity contribution is -0.139. The maximum absolute atomic E-state index is 12.6. The summed E-state index contributed by atoms with van der Waals surface area (Å²) in [6.07, 6.45) is -1.98. The van der Waals surface area contributed by atoms with Gasteiger partial charge in [0.25, 0.3) is 0 Å². The summed E-state index contributed by atoms with van der Waals surface area (Å²) < 4.78 is 15.5. The minimum atomic E-state index is -1.22. The summed E-state index contributed by atoms with van der Waals surface area (Å²) in [6.45, 7) is 15.0. The number of carbonyl (C=O) groups excluding carboxylic acids is 3. The molecule has 0 aromatic rings. The van der Waals surface area contributed by atoms with E-state index in [-0.39, 0.29) is 19.4 Å². The number of carboxylic acid groups (broad SMARTS) is 1. The zero-order valence-electron chi connectivity index (χ0n) is 21.7. The van der Waals surface area contributed by atoms with Gasteiger partial charge in [0, 0.05) is 6.54 Å². The molecule has 0 rings (SSSR count). The van der Waals surface area contributed by atoms with Crippen LogP contribution < -0.4 is 11.1 Å². The van der Waals surface area contributed by atoms with Crippen LogP contribution in [0.15, 0.2) is 4.99 Å². The quantitative estimate of drug-likeness (QED) is 0.209. The van der Waals surface area contributed by atoms with Gasteiger partial charge in [0.2, 0.25) is 5.96 Å². The normalized spacial score (nSPS) is 13.5. The molecule has 12 nitrogen and oxygen atoms in total. The van der Waals surface area contributed by atoms with E-state index < -0.39 is 53.1 Å². The zero-order valence-corrected chi connectivity index (χ0v) is 21.7. The van der Waals surface area contributed by atoms with E-state index in [0.717, 1.165) is 4.90 Å². The fourth-order valence-electron chi connectivity index (χ4n) is 2.38. The van der Waals surface area contributed by atoms with Crippen LogP contribution in [0.2, 0.25) is 0 Å². The molecule has 34 heavy (non-hydrogen) atoms. The van der Waals surface area contributed by atoms with E-state index in [1.54, 1.807) is 62.3 Å². The Balaban J connectivity index is 5.22. The highest BCUT2D eigenvalue weighted by molar-refractivity contribution is 5.98. The molecule has 0 radical (unpaired) electrons. The number of hydrogen-bond acceptors (Lipinski definition) is 7. The average Bonchev–Trinajstić information content (AvgIpc) is 2.54. The average molecular weight is 489 g/mol. The van der Waals surface area contributed by atoms with Crippen molar-refractivity contribution in [3.63, 3.8) is 0 Å².